The monoisotopic (exact) mass is 226 g/mol. The third kappa shape index (κ3) is 3.93. The van der Waals surface area contributed by atoms with Crippen molar-refractivity contribution >= 4 is 11.3 Å². The van der Waals surface area contributed by atoms with Gasteiger partial charge in [-0.1, -0.05) is 20.8 Å². The summed E-state index contributed by atoms with van der Waals surface area (Å²) >= 11 is 1.89. The van der Waals surface area contributed by atoms with Crippen molar-refractivity contribution in [1.82, 2.24) is 5.32 Å². The molecule has 2 nitrogen and oxygen atoms in total. The van der Waals surface area contributed by atoms with E-state index in [1.54, 1.807) is 0 Å². The van der Waals surface area contributed by atoms with E-state index in [4.69, 9.17) is 5.73 Å². The molecule has 1 heterocycles. The van der Waals surface area contributed by atoms with Gasteiger partial charge in [-0.05, 0) is 24.5 Å². The molecular weight excluding hydrogens is 204 g/mol. The van der Waals surface area contributed by atoms with Crippen molar-refractivity contribution < 1.29 is 0 Å². The third-order valence-electron chi connectivity index (χ3n) is 2.66. The Kier molecular flexibility index (Phi) is 5.29. The topological polar surface area (TPSA) is 38.0 Å². The number of nitrogens with one attached hydrogen (secondary N) is 1. The molecule has 1 unspecified atom stereocenters. The third-order valence-corrected chi connectivity index (χ3v) is 3.89. The van der Waals surface area contributed by atoms with Gasteiger partial charge in [0.15, 0.2) is 0 Å². The van der Waals surface area contributed by atoms with E-state index in [1.807, 2.05) is 11.3 Å². The van der Waals surface area contributed by atoms with Gasteiger partial charge in [-0.3, -0.25) is 0 Å². The SMILES string of the molecule is CCc1ccc(CNC(CN)C(C)C)s1. The summed E-state index contributed by atoms with van der Waals surface area (Å²) in [5, 5.41) is 3.51. The summed E-state index contributed by atoms with van der Waals surface area (Å²) in [6, 6.07) is 4.86. The van der Waals surface area contributed by atoms with Gasteiger partial charge in [0.1, 0.15) is 0 Å². The van der Waals surface area contributed by atoms with Gasteiger partial charge in [0.25, 0.3) is 0 Å². The standard InChI is InChI=1S/C12H22N2S/c1-4-10-5-6-11(15-10)8-14-12(7-13)9(2)3/h5-6,9,12,14H,4,7-8,13H2,1-3H3. The summed E-state index contributed by atoms with van der Waals surface area (Å²) in [5.41, 5.74) is 5.71. The predicted octanol–water partition coefficient (Wildman–Crippen LogP) is 2.38. The number of hydrogen-bond acceptors (Lipinski definition) is 3. The Bertz CT molecular complexity index is 281. The number of hydrogen-bond donors (Lipinski definition) is 2. The van der Waals surface area contributed by atoms with Gasteiger partial charge in [-0.25, -0.2) is 0 Å². The van der Waals surface area contributed by atoms with Crippen molar-refractivity contribution in [2.75, 3.05) is 6.54 Å². The number of nitrogens with two attached hydrogens (primary N) is 1. The first-order chi connectivity index (χ1) is 7.17. The van der Waals surface area contributed by atoms with Crippen LogP contribution in [0.25, 0.3) is 0 Å². The second kappa shape index (κ2) is 6.26. The fraction of sp³-hybridized carbons (Fsp3) is 0.667. The Balaban J connectivity index is 2.41. The Hall–Kier alpha value is -0.380. The molecular formula is C12H22N2S. The van der Waals surface area contributed by atoms with Crippen molar-refractivity contribution in [2.24, 2.45) is 11.7 Å². The molecule has 0 aliphatic heterocycles. The van der Waals surface area contributed by atoms with E-state index in [0.717, 1.165) is 13.0 Å². The van der Waals surface area contributed by atoms with E-state index in [-0.39, 0.29) is 0 Å². The average molecular weight is 226 g/mol. The minimum Gasteiger partial charge on any atom is -0.329 e. The van der Waals surface area contributed by atoms with Crippen LogP contribution in [0.3, 0.4) is 0 Å². The van der Waals surface area contributed by atoms with Crippen LogP contribution in [0.15, 0.2) is 12.1 Å². The van der Waals surface area contributed by atoms with Crippen molar-refractivity contribution in [3.05, 3.63) is 21.9 Å². The molecule has 3 N–H and O–H groups in total. The van der Waals surface area contributed by atoms with Gasteiger partial charge in [0, 0.05) is 28.9 Å². The largest absolute Gasteiger partial charge is 0.329 e. The van der Waals surface area contributed by atoms with Crippen LogP contribution < -0.4 is 11.1 Å². The zero-order valence-electron chi connectivity index (χ0n) is 9.92. The van der Waals surface area contributed by atoms with Crippen molar-refractivity contribution in [3.63, 3.8) is 0 Å². The molecule has 3 heteroatoms. The highest BCUT2D eigenvalue weighted by molar-refractivity contribution is 7.11. The minimum absolute atomic E-state index is 0.428. The summed E-state index contributed by atoms with van der Waals surface area (Å²) in [6.07, 6.45) is 1.13. The van der Waals surface area contributed by atoms with Crippen molar-refractivity contribution in [1.29, 1.82) is 0 Å². The van der Waals surface area contributed by atoms with Crippen LogP contribution in [0.1, 0.15) is 30.5 Å². The van der Waals surface area contributed by atoms with Gasteiger partial charge in [-0.15, -0.1) is 11.3 Å². The molecule has 0 bridgehead atoms. The Morgan fingerprint density at radius 3 is 2.47 bits per heavy atom. The van der Waals surface area contributed by atoms with Crippen molar-refractivity contribution in [3.8, 4) is 0 Å². The lowest BCUT2D eigenvalue weighted by Gasteiger charge is -2.19. The van der Waals surface area contributed by atoms with E-state index in [0.29, 0.717) is 18.5 Å². The van der Waals surface area contributed by atoms with E-state index in [1.165, 1.54) is 9.75 Å². The van der Waals surface area contributed by atoms with Gasteiger partial charge in [-0.2, -0.15) is 0 Å². The predicted molar refractivity (Wildman–Crippen MR) is 68.2 cm³/mol. The maximum Gasteiger partial charge on any atom is 0.0303 e. The van der Waals surface area contributed by atoms with E-state index < -0.39 is 0 Å². The Morgan fingerprint density at radius 2 is 2.00 bits per heavy atom. The Morgan fingerprint density at radius 1 is 1.33 bits per heavy atom. The zero-order chi connectivity index (χ0) is 11.3. The first-order valence-electron chi connectivity index (χ1n) is 5.68. The smallest absolute Gasteiger partial charge is 0.0303 e. The van der Waals surface area contributed by atoms with E-state index >= 15 is 0 Å². The number of thiophene rings is 1. The van der Waals surface area contributed by atoms with Gasteiger partial charge in [0.05, 0.1) is 0 Å². The van der Waals surface area contributed by atoms with Crippen LogP contribution in [0.4, 0.5) is 0 Å². The summed E-state index contributed by atoms with van der Waals surface area (Å²) in [4.78, 5) is 2.87. The van der Waals surface area contributed by atoms with E-state index in [2.05, 4.69) is 38.2 Å². The number of aryl methyl sites for hydroxylation is 1. The molecule has 0 aromatic carbocycles. The normalized spacial score (nSPS) is 13.4. The second-order valence-electron chi connectivity index (χ2n) is 4.19. The first kappa shape index (κ1) is 12.7. The van der Waals surface area contributed by atoms with Crippen LogP contribution in [0.5, 0.6) is 0 Å². The fourth-order valence-electron chi connectivity index (χ4n) is 1.53. The fourth-order valence-corrected chi connectivity index (χ4v) is 2.44. The molecule has 0 saturated heterocycles. The van der Waals surface area contributed by atoms with Crippen molar-refractivity contribution in [2.45, 2.75) is 39.8 Å². The van der Waals surface area contributed by atoms with Crippen LogP contribution in [0.2, 0.25) is 0 Å². The highest BCUT2D eigenvalue weighted by atomic mass is 32.1. The summed E-state index contributed by atoms with van der Waals surface area (Å²) in [7, 11) is 0. The molecule has 1 aromatic rings. The molecule has 0 spiro atoms. The maximum atomic E-state index is 5.71. The summed E-state index contributed by atoms with van der Waals surface area (Å²) in [6.45, 7) is 8.26. The zero-order valence-corrected chi connectivity index (χ0v) is 10.7. The quantitative estimate of drug-likeness (QED) is 0.781. The molecule has 0 saturated carbocycles. The molecule has 0 amide bonds. The van der Waals surface area contributed by atoms with Crippen LogP contribution in [-0.2, 0) is 13.0 Å². The first-order valence-corrected chi connectivity index (χ1v) is 6.50. The summed E-state index contributed by atoms with van der Waals surface area (Å²) < 4.78 is 0. The molecule has 1 aromatic heterocycles. The lowest BCUT2D eigenvalue weighted by molar-refractivity contribution is 0.406. The molecule has 0 fully saturated rings. The van der Waals surface area contributed by atoms with Gasteiger partial charge < -0.3 is 11.1 Å². The van der Waals surface area contributed by atoms with Crippen LogP contribution in [-0.4, -0.2) is 12.6 Å². The molecule has 1 atom stereocenters. The Labute approximate surface area is 96.9 Å². The van der Waals surface area contributed by atoms with E-state index in [9.17, 15) is 0 Å². The maximum absolute atomic E-state index is 5.71. The summed E-state index contributed by atoms with van der Waals surface area (Å²) in [5.74, 6) is 0.598. The van der Waals surface area contributed by atoms with Gasteiger partial charge in [0.2, 0.25) is 0 Å². The average Bonchev–Trinajstić information content (AvgIpc) is 2.66. The number of rotatable bonds is 6. The second-order valence-corrected chi connectivity index (χ2v) is 5.44. The highest BCUT2D eigenvalue weighted by Gasteiger charge is 2.10. The lowest BCUT2D eigenvalue weighted by Crippen LogP contribution is -2.39. The van der Waals surface area contributed by atoms with Gasteiger partial charge >= 0.3 is 0 Å². The highest BCUT2D eigenvalue weighted by Crippen LogP contribution is 2.17. The molecule has 0 radical (unpaired) electrons. The molecule has 0 aliphatic rings. The van der Waals surface area contributed by atoms with Crippen LogP contribution in [0, 0.1) is 5.92 Å². The molecule has 15 heavy (non-hydrogen) atoms. The molecule has 0 aliphatic carbocycles. The molecule has 86 valence electrons. The lowest BCUT2D eigenvalue weighted by atomic mass is 10.1. The van der Waals surface area contributed by atoms with Crippen LogP contribution >= 0.6 is 11.3 Å². The minimum atomic E-state index is 0.428. The molecule has 1 rings (SSSR count).